The average Bonchev–Trinajstić information content (AvgIpc) is 3.00. The minimum Gasteiger partial charge on any atom is -0.356 e. The van der Waals surface area contributed by atoms with E-state index in [1.54, 1.807) is 25.1 Å². The van der Waals surface area contributed by atoms with Crippen LogP contribution in [0, 0.1) is 20.8 Å². The maximum atomic E-state index is 12.6. The minimum absolute atomic E-state index is 0.255. The van der Waals surface area contributed by atoms with Crippen molar-refractivity contribution in [3.05, 3.63) is 70.9 Å². The summed E-state index contributed by atoms with van der Waals surface area (Å²) in [5, 5.41) is 3.86. The molecule has 3 rings (SSSR count). The maximum absolute atomic E-state index is 12.6. The van der Waals surface area contributed by atoms with Crippen LogP contribution < -0.4 is 4.72 Å². The van der Waals surface area contributed by atoms with Gasteiger partial charge in [0.1, 0.15) is 0 Å². The summed E-state index contributed by atoms with van der Waals surface area (Å²) in [6.07, 6.45) is 0. The Kier molecular flexibility index (Phi) is 4.74. The van der Waals surface area contributed by atoms with Gasteiger partial charge in [0.15, 0.2) is 5.76 Å². The Balaban J connectivity index is 1.81. The van der Waals surface area contributed by atoms with E-state index in [1.165, 1.54) is 0 Å². The number of aromatic nitrogens is 1. The number of rotatable bonds is 5. The molecule has 0 unspecified atom stereocenters. The second kappa shape index (κ2) is 6.82. The zero-order chi connectivity index (χ0) is 18.0. The van der Waals surface area contributed by atoms with Crippen LogP contribution >= 0.6 is 0 Å². The summed E-state index contributed by atoms with van der Waals surface area (Å²) in [5.41, 5.74) is 4.30. The van der Waals surface area contributed by atoms with Gasteiger partial charge in [0, 0.05) is 18.2 Å². The summed E-state index contributed by atoms with van der Waals surface area (Å²) in [5.74, 6) is 0.622. The van der Waals surface area contributed by atoms with Crippen LogP contribution in [0.2, 0.25) is 0 Å². The zero-order valence-corrected chi connectivity index (χ0v) is 15.2. The Hall–Kier alpha value is -2.44. The molecule has 0 fully saturated rings. The second-order valence-electron chi connectivity index (χ2n) is 6.12. The number of sulfonamides is 1. The highest BCUT2D eigenvalue weighted by molar-refractivity contribution is 7.89. The summed E-state index contributed by atoms with van der Waals surface area (Å²) in [6.45, 7) is 5.86. The maximum Gasteiger partial charge on any atom is 0.241 e. The summed E-state index contributed by atoms with van der Waals surface area (Å²) >= 11 is 0. The number of benzene rings is 2. The molecule has 5 nitrogen and oxygen atoms in total. The van der Waals surface area contributed by atoms with Crippen molar-refractivity contribution in [3.8, 4) is 11.3 Å². The van der Waals surface area contributed by atoms with Crippen molar-refractivity contribution >= 4 is 10.0 Å². The van der Waals surface area contributed by atoms with Crippen LogP contribution in [-0.2, 0) is 16.6 Å². The van der Waals surface area contributed by atoms with Gasteiger partial charge < -0.3 is 4.52 Å². The fraction of sp³-hybridized carbons (Fsp3) is 0.211. The van der Waals surface area contributed by atoms with Crippen molar-refractivity contribution in [2.75, 3.05) is 0 Å². The van der Waals surface area contributed by atoms with E-state index in [0.717, 1.165) is 22.4 Å². The summed E-state index contributed by atoms with van der Waals surface area (Å²) in [7, 11) is -3.59. The van der Waals surface area contributed by atoms with Gasteiger partial charge in [-0.15, -0.1) is 0 Å². The Bertz CT molecular complexity index is 990. The normalized spacial score (nSPS) is 11.6. The molecule has 0 aliphatic heterocycles. The Morgan fingerprint density at radius 1 is 1.00 bits per heavy atom. The molecule has 0 atom stereocenters. The molecule has 0 radical (unpaired) electrons. The van der Waals surface area contributed by atoms with E-state index in [9.17, 15) is 8.42 Å². The minimum atomic E-state index is -3.59. The highest BCUT2D eigenvalue weighted by Crippen LogP contribution is 2.25. The van der Waals surface area contributed by atoms with Crippen molar-refractivity contribution in [2.24, 2.45) is 0 Å². The van der Waals surface area contributed by atoms with Gasteiger partial charge in [-0.2, -0.15) is 0 Å². The van der Waals surface area contributed by atoms with Crippen molar-refractivity contribution in [1.29, 1.82) is 0 Å². The lowest BCUT2D eigenvalue weighted by atomic mass is 10.1. The van der Waals surface area contributed by atoms with Crippen molar-refractivity contribution in [3.63, 3.8) is 0 Å². The quantitative estimate of drug-likeness (QED) is 0.756. The molecule has 0 aliphatic carbocycles. The largest absolute Gasteiger partial charge is 0.356 e. The van der Waals surface area contributed by atoms with Gasteiger partial charge in [0.25, 0.3) is 0 Å². The molecular formula is C19H20N2O3S. The molecule has 1 N–H and O–H groups in total. The summed E-state index contributed by atoms with van der Waals surface area (Å²) < 4.78 is 33.1. The number of nitrogens with one attached hydrogen (secondary N) is 1. The molecule has 130 valence electrons. The number of hydrogen-bond donors (Lipinski definition) is 1. The predicted molar refractivity (Wildman–Crippen MR) is 96.6 cm³/mol. The highest BCUT2D eigenvalue weighted by atomic mass is 32.2. The van der Waals surface area contributed by atoms with Crippen LogP contribution in [0.25, 0.3) is 11.3 Å². The first-order valence-electron chi connectivity index (χ1n) is 7.95. The zero-order valence-electron chi connectivity index (χ0n) is 14.4. The van der Waals surface area contributed by atoms with Crippen LogP contribution in [0.1, 0.15) is 22.4 Å². The van der Waals surface area contributed by atoms with Crippen LogP contribution in [-0.4, -0.2) is 13.6 Å². The first-order valence-corrected chi connectivity index (χ1v) is 9.43. The van der Waals surface area contributed by atoms with E-state index in [-0.39, 0.29) is 11.4 Å². The number of nitrogens with zero attached hydrogens (tertiary/aromatic N) is 1. The van der Waals surface area contributed by atoms with Crippen LogP contribution in [0.4, 0.5) is 0 Å². The molecule has 6 heteroatoms. The van der Waals surface area contributed by atoms with Gasteiger partial charge in [-0.25, -0.2) is 13.1 Å². The van der Waals surface area contributed by atoms with Crippen molar-refractivity contribution in [2.45, 2.75) is 32.2 Å². The molecule has 1 aromatic heterocycles. The number of aryl methyl sites for hydroxylation is 3. The molecule has 0 saturated carbocycles. The summed E-state index contributed by atoms with van der Waals surface area (Å²) in [6, 6.07) is 14.7. The third-order valence-electron chi connectivity index (χ3n) is 3.96. The van der Waals surface area contributed by atoms with Crippen molar-refractivity contribution < 1.29 is 12.9 Å². The standard InChI is InChI=1S/C19H20N2O3S/c1-13-4-6-16(7-5-13)12-20-25(22,23)19-9-8-17(10-14(19)2)18-11-15(3)21-24-18/h4-11,20H,12H2,1-3H3. The topological polar surface area (TPSA) is 72.2 Å². The third-order valence-corrected chi connectivity index (χ3v) is 5.53. The molecule has 0 saturated heterocycles. The van der Waals surface area contributed by atoms with E-state index >= 15 is 0 Å². The molecule has 2 aromatic carbocycles. The summed E-state index contributed by atoms with van der Waals surface area (Å²) in [4.78, 5) is 0.264. The smallest absolute Gasteiger partial charge is 0.241 e. The highest BCUT2D eigenvalue weighted by Gasteiger charge is 2.17. The van der Waals surface area contributed by atoms with E-state index in [2.05, 4.69) is 9.88 Å². The van der Waals surface area contributed by atoms with E-state index in [0.29, 0.717) is 11.3 Å². The predicted octanol–water partition coefficient (Wildman–Crippen LogP) is 3.75. The Morgan fingerprint density at radius 3 is 2.32 bits per heavy atom. The number of hydrogen-bond acceptors (Lipinski definition) is 4. The molecule has 0 bridgehead atoms. The van der Waals surface area contributed by atoms with Crippen LogP contribution in [0.3, 0.4) is 0 Å². The van der Waals surface area contributed by atoms with E-state index < -0.39 is 10.0 Å². The average molecular weight is 356 g/mol. The second-order valence-corrected chi connectivity index (χ2v) is 7.86. The molecule has 1 heterocycles. The van der Waals surface area contributed by atoms with Gasteiger partial charge in [0.2, 0.25) is 10.0 Å². The lowest BCUT2D eigenvalue weighted by molar-refractivity contribution is 0.427. The van der Waals surface area contributed by atoms with Crippen LogP contribution in [0.15, 0.2) is 57.9 Å². The lowest BCUT2D eigenvalue weighted by Gasteiger charge is -2.10. The molecule has 0 spiro atoms. The first kappa shape index (κ1) is 17.4. The molecule has 0 amide bonds. The van der Waals surface area contributed by atoms with Gasteiger partial charge >= 0.3 is 0 Å². The Morgan fingerprint density at radius 2 is 1.72 bits per heavy atom. The lowest BCUT2D eigenvalue weighted by Crippen LogP contribution is -2.24. The van der Waals surface area contributed by atoms with Crippen molar-refractivity contribution in [1.82, 2.24) is 9.88 Å². The SMILES string of the molecule is Cc1ccc(CNS(=O)(=O)c2ccc(-c3cc(C)no3)cc2C)cc1. The first-order chi connectivity index (χ1) is 11.8. The molecule has 25 heavy (non-hydrogen) atoms. The van der Waals surface area contributed by atoms with Gasteiger partial charge in [-0.3, -0.25) is 0 Å². The molecule has 0 aliphatic rings. The van der Waals surface area contributed by atoms with E-state index in [1.807, 2.05) is 44.2 Å². The Labute approximate surface area is 147 Å². The molecular weight excluding hydrogens is 336 g/mol. The third kappa shape index (κ3) is 3.97. The van der Waals surface area contributed by atoms with Gasteiger partial charge in [0.05, 0.1) is 10.6 Å². The van der Waals surface area contributed by atoms with Crippen LogP contribution in [0.5, 0.6) is 0 Å². The monoisotopic (exact) mass is 356 g/mol. The fourth-order valence-corrected chi connectivity index (χ4v) is 3.81. The van der Waals surface area contributed by atoms with Gasteiger partial charge in [-0.1, -0.05) is 35.0 Å². The molecule has 3 aromatic rings. The fourth-order valence-electron chi connectivity index (χ4n) is 2.57. The van der Waals surface area contributed by atoms with Gasteiger partial charge in [-0.05, 0) is 50.1 Å². The van der Waals surface area contributed by atoms with E-state index in [4.69, 9.17) is 4.52 Å².